The van der Waals surface area contributed by atoms with E-state index in [-0.39, 0.29) is 5.97 Å². The third-order valence-corrected chi connectivity index (χ3v) is 11.3. The second-order valence-electron chi connectivity index (χ2n) is 14.0. The van der Waals surface area contributed by atoms with E-state index in [1.54, 1.807) is 4.80 Å². The molecule has 5 aromatic carbocycles. The summed E-state index contributed by atoms with van der Waals surface area (Å²) >= 11 is 3.91. The fourth-order valence-electron chi connectivity index (χ4n) is 7.81. The van der Waals surface area contributed by atoms with Crippen LogP contribution in [-0.2, 0) is 23.2 Å². The van der Waals surface area contributed by atoms with E-state index in [4.69, 9.17) is 29.5 Å². The summed E-state index contributed by atoms with van der Waals surface area (Å²) in [5, 5.41) is 15.6. The van der Waals surface area contributed by atoms with Crippen molar-refractivity contribution in [2.24, 2.45) is 0 Å². The van der Waals surface area contributed by atoms with Gasteiger partial charge in [-0.15, -0.1) is 15.0 Å². The molecule has 0 bridgehead atoms. The third-order valence-electron chi connectivity index (χ3n) is 10.6. The molecular weight excluding hydrogens is 764 g/mol. The van der Waals surface area contributed by atoms with Crippen molar-refractivity contribution >= 4 is 32.9 Å². The van der Waals surface area contributed by atoms with Crippen molar-refractivity contribution in [2.45, 2.75) is 51.1 Å². The van der Waals surface area contributed by atoms with E-state index >= 15 is 0 Å². The van der Waals surface area contributed by atoms with Crippen LogP contribution in [0.25, 0.3) is 33.7 Å². The Bertz CT molecular complexity index is 2570. The van der Waals surface area contributed by atoms with Crippen molar-refractivity contribution in [1.29, 1.82) is 0 Å². The van der Waals surface area contributed by atoms with Gasteiger partial charge in [-0.2, -0.15) is 0 Å². The number of halogens is 1. The maximum absolute atomic E-state index is 13.3. The van der Waals surface area contributed by atoms with Crippen LogP contribution >= 0.6 is 15.9 Å². The summed E-state index contributed by atoms with van der Waals surface area (Å²) in [7, 11) is 0. The zero-order valence-electron chi connectivity index (χ0n) is 31.1. The van der Waals surface area contributed by atoms with Crippen molar-refractivity contribution in [3.05, 3.63) is 177 Å². The first-order valence-electron chi connectivity index (χ1n) is 19.0. The number of esters is 1. The summed E-state index contributed by atoms with van der Waals surface area (Å²) in [5.41, 5.74) is 6.89. The normalized spacial score (nSPS) is 13.0. The van der Waals surface area contributed by atoms with Crippen LogP contribution in [0.3, 0.4) is 0 Å². The molecule has 10 heteroatoms. The number of aryl methyl sites for hydroxylation is 1. The van der Waals surface area contributed by atoms with Gasteiger partial charge in [0, 0.05) is 35.4 Å². The number of fused-ring (bicyclic) bond motifs is 1. The summed E-state index contributed by atoms with van der Waals surface area (Å²) in [4.78, 5) is 19.9. The van der Waals surface area contributed by atoms with Gasteiger partial charge in [0.1, 0.15) is 17.2 Å². The van der Waals surface area contributed by atoms with Crippen molar-refractivity contribution in [3.8, 4) is 22.7 Å². The second kappa shape index (κ2) is 14.8. The Hall–Kier alpha value is -6.13. The number of rotatable bonds is 12. The minimum Gasteiger partial charge on any atom is -0.461 e. The highest BCUT2D eigenvalue weighted by Gasteiger charge is 2.41. The number of carbonyl (C=O) groups is 1. The van der Waals surface area contributed by atoms with Crippen LogP contribution in [0.15, 0.2) is 142 Å². The van der Waals surface area contributed by atoms with Crippen LogP contribution in [0.4, 0.5) is 0 Å². The van der Waals surface area contributed by atoms with Gasteiger partial charge >= 0.3 is 5.97 Å². The smallest absolute Gasteiger partial charge is 0.356 e. The monoisotopic (exact) mass is 802 g/mol. The number of tetrazole rings is 1. The van der Waals surface area contributed by atoms with E-state index < -0.39 is 5.54 Å². The summed E-state index contributed by atoms with van der Waals surface area (Å²) in [6, 6.07) is 45.0. The number of nitrogens with zero attached hydrogens (tertiary/aromatic N) is 6. The van der Waals surface area contributed by atoms with Crippen LogP contribution in [0, 0.1) is 0 Å². The van der Waals surface area contributed by atoms with Crippen LogP contribution < -0.4 is 0 Å². The predicted octanol–water partition coefficient (Wildman–Crippen LogP) is 10.2. The highest BCUT2D eigenvalue weighted by Crippen LogP contribution is 2.44. The van der Waals surface area contributed by atoms with E-state index in [0.717, 1.165) is 73.2 Å². The molecule has 0 unspecified atom stereocenters. The zero-order valence-corrected chi connectivity index (χ0v) is 32.7. The molecule has 3 heterocycles. The van der Waals surface area contributed by atoms with Crippen molar-refractivity contribution in [3.63, 3.8) is 0 Å². The molecular formula is C46H39BrN6O3. The first-order valence-corrected chi connectivity index (χ1v) is 19.8. The molecule has 1 saturated carbocycles. The summed E-state index contributed by atoms with van der Waals surface area (Å²) in [5.74, 6) is 2.00. The third kappa shape index (κ3) is 6.14. The number of hydrogen-bond acceptors (Lipinski definition) is 7. The molecule has 0 N–H and O–H groups in total. The molecule has 1 aliphatic rings. The minimum atomic E-state index is -0.903. The molecule has 0 saturated heterocycles. The SMILES string of the molecule is CCOC(=O)c1c(C2CC2)nc(CC)n1Cc1ccc2oc(-c3ccccc3-c3nnn(C(c4ccccc4)(c4ccccc4)c4ccccc4)n3)c(Br)c2c1. The molecule has 1 aliphatic carbocycles. The minimum absolute atomic E-state index is 0.313. The van der Waals surface area contributed by atoms with E-state index in [0.29, 0.717) is 42.8 Å². The Balaban J connectivity index is 1.13. The summed E-state index contributed by atoms with van der Waals surface area (Å²) in [6.07, 6.45) is 2.80. The zero-order chi connectivity index (χ0) is 38.2. The maximum atomic E-state index is 13.3. The number of furan rings is 1. The lowest BCUT2D eigenvalue weighted by Gasteiger charge is -2.34. The summed E-state index contributed by atoms with van der Waals surface area (Å²) < 4.78 is 15.0. The lowest BCUT2D eigenvalue weighted by molar-refractivity contribution is 0.0512. The quantitative estimate of drug-likeness (QED) is 0.0895. The Morgan fingerprint density at radius 1 is 0.821 bits per heavy atom. The molecule has 0 spiro atoms. The number of aromatic nitrogens is 6. The van der Waals surface area contributed by atoms with Crippen molar-refractivity contribution in [1.82, 2.24) is 29.8 Å². The van der Waals surface area contributed by atoms with E-state index in [1.807, 2.05) is 102 Å². The first kappa shape index (κ1) is 35.6. The Labute approximate surface area is 333 Å². The molecule has 0 aliphatic heterocycles. The number of carbonyl (C=O) groups excluding carboxylic acids is 1. The molecule has 278 valence electrons. The Morgan fingerprint density at radius 3 is 2.02 bits per heavy atom. The lowest BCUT2D eigenvalue weighted by Crippen LogP contribution is -2.39. The van der Waals surface area contributed by atoms with Crippen LogP contribution in [0.5, 0.6) is 0 Å². The maximum Gasteiger partial charge on any atom is 0.356 e. The molecule has 56 heavy (non-hydrogen) atoms. The van der Waals surface area contributed by atoms with Gasteiger partial charge in [-0.3, -0.25) is 0 Å². The van der Waals surface area contributed by atoms with Gasteiger partial charge in [-0.1, -0.05) is 128 Å². The molecule has 9 nitrogen and oxygen atoms in total. The van der Waals surface area contributed by atoms with E-state index in [2.05, 4.69) is 65.3 Å². The van der Waals surface area contributed by atoms with Gasteiger partial charge in [0.15, 0.2) is 11.2 Å². The van der Waals surface area contributed by atoms with Gasteiger partial charge in [0.25, 0.3) is 0 Å². The van der Waals surface area contributed by atoms with Gasteiger partial charge in [0.2, 0.25) is 5.82 Å². The van der Waals surface area contributed by atoms with Gasteiger partial charge in [0.05, 0.1) is 16.8 Å². The molecule has 0 radical (unpaired) electrons. The molecule has 3 aromatic heterocycles. The molecule has 9 rings (SSSR count). The molecule has 0 amide bonds. The highest BCUT2D eigenvalue weighted by molar-refractivity contribution is 9.10. The standard InChI is InChI=1S/C46H39BrN6O3/c1-3-39-48-41(31-25-26-31)42(45(54)55-4-2)52(39)29-30-24-27-38-37(28-30)40(47)43(56-38)35-22-14-15-23-36(35)44-49-51-53(50-44)46(32-16-8-5-9-17-32,33-18-10-6-11-19-33)34-20-12-7-13-21-34/h5-24,27-28,31H,3-4,25-26,29H2,1-2H3. The van der Waals surface area contributed by atoms with Crippen LogP contribution in [-0.4, -0.2) is 42.3 Å². The largest absolute Gasteiger partial charge is 0.461 e. The topological polar surface area (TPSA) is 101 Å². The Kier molecular flexibility index (Phi) is 9.42. The van der Waals surface area contributed by atoms with Crippen LogP contribution in [0.2, 0.25) is 0 Å². The van der Waals surface area contributed by atoms with Gasteiger partial charge < -0.3 is 13.7 Å². The average molecular weight is 804 g/mol. The van der Waals surface area contributed by atoms with E-state index in [1.165, 1.54) is 0 Å². The highest BCUT2D eigenvalue weighted by atomic mass is 79.9. The van der Waals surface area contributed by atoms with Crippen LogP contribution in [0.1, 0.15) is 76.9 Å². The van der Waals surface area contributed by atoms with Crippen molar-refractivity contribution in [2.75, 3.05) is 6.61 Å². The number of ether oxygens (including phenoxy) is 1. The molecule has 8 aromatic rings. The lowest BCUT2D eigenvalue weighted by atomic mass is 9.77. The fraction of sp³-hybridized carbons (Fsp3) is 0.196. The molecule has 0 atom stereocenters. The average Bonchev–Trinajstić information content (AvgIpc) is 3.72. The number of benzene rings is 5. The number of hydrogen-bond donors (Lipinski definition) is 0. The Morgan fingerprint density at radius 2 is 1.43 bits per heavy atom. The first-order chi connectivity index (χ1) is 27.5. The number of imidazole rings is 1. The fourth-order valence-corrected chi connectivity index (χ4v) is 8.41. The summed E-state index contributed by atoms with van der Waals surface area (Å²) in [6.45, 7) is 4.70. The van der Waals surface area contributed by atoms with Crippen molar-refractivity contribution < 1.29 is 13.9 Å². The van der Waals surface area contributed by atoms with Gasteiger partial charge in [-0.05, 0) is 75.3 Å². The van der Waals surface area contributed by atoms with E-state index in [9.17, 15) is 4.79 Å². The second-order valence-corrected chi connectivity index (χ2v) is 14.8. The predicted molar refractivity (Wildman–Crippen MR) is 219 cm³/mol. The van der Waals surface area contributed by atoms with Gasteiger partial charge in [-0.25, -0.2) is 9.78 Å². The molecule has 1 fully saturated rings.